The van der Waals surface area contributed by atoms with Crippen LogP contribution in [-0.2, 0) is 11.8 Å². The molecule has 1 atom stereocenters. The number of carboxylic acid groups (broad SMARTS) is 1. The molecule has 2 aromatic carbocycles. The second kappa shape index (κ2) is 6.68. The molecule has 128 valence electrons. The smallest absolute Gasteiger partial charge is 0.268 e. The zero-order valence-electron chi connectivity index (χ0n) is 13.9. The summed E-state index contributed by atoms with van der Waals surface area (Å²) in [6.45, 7) is 0. The van der Waals surface area contributed by atoms with Gasteiger partial charge in [-0.25, -0.2) is 0 Å². The van der Waals surface area contributed by atoms with E-state index in [4.69, 9.17) is 4.74 Å². The molecule has 1 amide bonds. The third-order valence-electron chi connectivity index (χ3n) is 4.13. The van der Waals surface area contributed by atoms with Gasteiger partial charge in [0.2, 0.25) is 0 Å². The normalized spacial score (nSPS) is 11.9. The van der Waals surface area contributed by atoms with Crippen molar-refractivity contribution < 1.29 is 19.4 Å². The molecule has 0 saturated heterocycles. The standard InChI is InChI=1S/C19H18N2O4/c1-21-15-9-8-14(25-2)10-13(15)11-16(21)18(22)20-17(19(23)24)12-6-4-3-5-7-12/h3-11,17H,1-2H3,(H,20,22)(H,23,24)/p-1/t17-/m1/s1. The van der Waals surface area contributed by atoms with Crippen LogP contribution in [0.4, 0.5) is 0 Å². The van der Waals surface area contributed by atoms with Crippen molar-refractivity contribution in [2.45, 2.75) is 6.04 Å². The van der Waals surface area contributed by atoms with Gasteiger partial charge in [-0.15, -0.1) is 0 Å². The van der Waals surface area contributed by atoms with Crippen molar-refractivity contribution in [3.8, 4) is 5.75 Å². The van der Waals surface area contributed by atoms with Crippen molar-refractivity contribution in [1.82, 2.24) is 9.88 Å². The monoisotopic (exact) mass is 337 g/mol. The summed E-state index contributed by atoms with van der Waals surface area (Å²) < 4.78 is 6.90. The number of nitrogens with zero attached hydrogens (tertiary/aromatic N) is 1. The van der Waals surface area contributed by atoms with Crippen LogP contribution in [0.1, 0.15) is 22.1 Å². The summed E-state index contributed by atoms with van der Waals surface area (Å²) in [7, 11) is 3.32. The minimum Gasteiger partial charge on any atom is -0.548 e. The Morgan fingerprint density at radius 1 is 1.12 bits per heavy atom. The third-order valence-corrected chi connectivity index (χ3v) is 4.13. The Morgan fingerprint density at radius 3 is 2.48 bits per heavy atom. The van der Waals surface area contributed by atoms with Crippen LogP contribution in [0.5, 0.6) is 5.75 Å². The maximum absolute atomic E-state index is 12.6. The Labute approximate surface area is 144 Å². The molecule has 1 aromatic heterocycles. The first kappa shape index (κ1) is 16.6. The van der Waals surface area contributed by atoms with E-state index in [0.717, 1.165) is 10.9 Å². The fourth-order valence-corrected chi connectivity index (χ4v) is 2.80. The Hall–Kier alpha value is -3.28. The van der Waals surface area contributed by atoms with Crippen molar-refractivity contribution in [2.24, 2.45) is 7.05 Å². The molecule has 6 heteroatoms. The van der Waals surface area contributed by atoms with Gasteiger partial charge < -0.3 is 24.5 Å². The first-order valence-corrected chi connectivity index (χ1v) is 7.71. The van der Waals surface area contributed by atoms with E-state index >= 15 is 0 Å². The number of aryl methyl sites for hydroxylation is 1. The predicted octanol–water partition coefficient (Wildman–Crippen LogP) is 1.41. The number of benzene rings is 2. The van der Waals surface area contributed by atoms with Gasteiger partial charge in [0.25, 0.3) is 5.91 Å². The molecule has 0 aliphatic carbocycles. The minimum atomic E-state index is -1.36. The van der Waals surface area contributed by atoms with E-state index in [0.29, 0.717) is 17.0 Å². The average Bonchev–Trinajstić information content (AvgIpc) is 2.96. The summed E-state index contributed by atoms with van der Waals surface area (Å²) in [5.41, 5.74) is 1.65. The molecule has 0 aliphatic heterocycles. The molecular weight excluding hydrogens is 320 g/mol. The number of rotatable bonds is 5. The highest BCUT2D eigenvalue weighted by molar-refractivity contribution is 6.00. The maximum Gasteiger partial charge on any atom is 0.268 e. The van der Waals surface area contributed by atoms with Gasteiger partial charge in [0.05, 0.1) is 19.1 Å². The Balaban J connectivity index is 1.93. The summed E-state index contributed by atoms with van der Waals surface area (Å²) in [4.78, 5) is 24.1. The van der Waals surface area contributed by atoms with E-state index in [1.165, 1.54) is 0 Å². The van der Waals surface area contributed by atoms with Gasteiger partial charge in [-0.1, -0.05) is 30.3 Å². The lowest BCUT2D eigenvalue weighted by Crippen LogP contribution is -2.41. The van der Waals surface area contributed by atoms with Crippen molar-refractivity contribution in [2.75, 3.05) is 7.11 Å². The van der Waals surface area contributed by atoms with E-state index in [9.17, 15) is 14.7 Å². The molecule has 0 saturated carbocycles. The summed E-state index contributed by atoms with van der Waals surface area (Å²) in [5.74, 6) is -1.17. The number of amides is 1. The SMILES string of the molecule is COc1ccc2c(c1)cc(C(=O)N[C@@H](C(=O)[O-])c1ccccc1)n2C. The van der Waals surface area contributed by atoms with Crippen LogP contribution in [0.3, 0.4) is 0 Å². The number of hydrogen-bond acceptors (Lipinski definition) is 4. The molecule has 1 N–H and O–H groups in total. The lowest BCUT2D eigenvalue weighted by molar-refractivity contribution is -0.308. The highest BCUT2D eigenvalue weighted by atomic mass is 16.5. The summed E-state index contributed by atoms with van der Waals surface area (Å²) >= 11 is 0. The van der Waals surface area contributed by atoms with Crippen molar-refractivity contribution in [3.05, 3.63) is 65.9 Å². The molecule has 0 radical (unpaired) electrons. The molecule has 3 rings (SSSR count). The van der Waals surface area contributed by atoms with Crippen LogP contribution in [-0.4, -0.2) is 23.6 Å². The van der Waals surface area contributed by atoms with Gasteiger partial charge in [0, 0.05) is 18.0 Å². The van der Waals surface area contributed by atoms with Crippen molar-refractivity contribution in [3.63, 3.8) is 0 Å². The van der Waals surface area contributed by atoms with Gasteiger partial charge >= 0.3 is 0 Å². The number of aliphatic carboxylic acids is 1. The zero-order valence-corrected chi connectivity index (χ0v) is 13.9. The minimum absolute atomic E-state index is 0.352. The molecule has 3 aromatic rings. The number of ether oxygens (including phenoxy) is 1. The molecule has 25 heavy (non-hydrogen) atoms. The quantitative estimate of drug-likeness (QED) is 0.763. The first-order valence-electron chi connectivity index (χ1n) is 7.71. The average molecular weight is 337 g/mol. The molecule has 0 spiro atoms. The number of nitrogens with one attached hydrogen (secondary N) is 1. The highest BCUT2D eigenvalue weighted by Crippen LogP contribution is 2.24. The first-order chi connectivity index (χ1) is 12.0. The summed E-state index contributed by atoms with van der Waals surface area (Å²) in [6, 6.07) is 14.4. The van der Waals surface area contributed by atoms with Crippen LogP contribution in [0, 0.1) is 0 Å². The van der Waals surface area contributed by atoms with Crippen LogP contribution < -0.4 is 15.2 Å². The van der Waals surface area contributed by atoms with Gasteiger partial charge in [0.1, 0.15) is 11.4 Å². The van der Waals surface area contributed by atoms with Crippen LogP contribution in [0.15, 0.2) is 54.6 Å². The van der Waals surface area contributed by atoms with Crippen molar-refractivity contribution >= 4 is 22.8 Å². The second-order valence-electron chi connectivity index (χ2n) is 5.65. The van der Waals surface area contributed by atoms with Crippen molar-refractivity contribution in [1.29, 1.82) is 0 Å². The molecule has 0 fully saturated rings. The summed E-state index contributed by atoms with van der Waals surface area (Å²) in [5, 5.41) is 14.8. The van der Waals surface area contributed by atoms with Crippen LogP contribution >= 0.6 is 0 Å². The number of carboxylic acids is 1. The van der Waals surface area contributed by atoms with E-state index in [1.807, 2.05) is 12.1 Å². The second-order valence-corrected chi connectivity index (χ2v) is 5.65. The topological polar surface area (TPSA) is 83.4 Å². The fourth-order valence-electron chi connectivity index (χ4n) is 2.80. The van der Waals surface area contributed by atoms with E-state index in [2.05, 4.69) is 5.32 Å². The molecule has 0 bridgehead atoms. The Kier molecular flexibility index (Phi) is 4.43. The van der Waals surface area contributed by atoms with Gasteiger partial charge in [-0.3, -0.25) is 4.79 Å². The van der Waals surface area contributed by atoms with E-state index in [1.54, 1.807) is 61.2 Å². The number of carbonyl (C=O) groups excluding carboxylic acids is 2. The fraction of sp³-hybridized carbons (Fsp3) is 0.158. The van der Waals surface area contributed by atoms with Gasteiger partial charge in [-0.05, 0) is 29.8 Å². The number of methoxy groups -OCH3 is 1. The zero-order chi connectivity index (χ0) is 18.0. The number of carbonyl (C=O) groups is 2. The molecule has 1 heterocycles. The molecule has 0 aliphatic rings. The van der Waals surface area contributed by atoms with Crippen LogP contribution in [0.2, 0.25) is 0 Å². The molecular formula is C19H17N2O4-. The lowest BCUT2D eigenvalue weighted by Gasteiger charge is -2.20. The summed E-state index contributed by atoms with van der Waals surface area (Å²) in [6.07, 6.45) is 0. The van der Waals surface area contributed by atoms with Gasteiger partial charge in [-0.2, -0.15) is 0 Å². The maximum atomic E-state index is 12.6. The highest BCUT2D eigenvalue weighted by Gasteiger charge is 2.20. The third kappa shape index (κ3) is 3.19. The largest absolute Gasteiger partial charge is 0.548 e. The molecule has 6 nitrogen and oxygen atoms in total. The lowest BCUT2D eigenvalue weighted by atomic mass is 10.1. The number of fused-ring (bicyclic) bond motifs is 1. The Bertz CT molecular complexity index is 931. The van der Waals surface area contributed by atoms with E-state index in [-0.39, 0.29) is 0 Å². The predicted molar refractivity (Wildman–Crippen MR) is 91.1 cm³/mol. The van der Waals surface area contributed by atoms with Crippen LogP contribution in [0.25, 0.3) is 10.9 Å². The van der Waals surface area contributed by atoms with E-state index < -0.39 is 17.9 Å². The van der Waals surface area contributed by atoms with Gasteiger partial charge in [0.15, 0.2) is 0 Å². The number of hydrogen-bond donors (Lipinski definition) is 1. The number of aromatic nitrogens is 1. The molecule has 0 unspecified atom stereocenters. The Morgan fingerprint density at radius 2 is 1.84 bits per heavy atom.